The highest BCUT2D eigenvalue weighted by molar-refractivity contribution is 5.76. The van der Waals surface area contributed by atoms with E-state index in [1.54, 1.807) is 6.92 Å². The van der Waals surface area contributed by atoms with Crippen LogP contribution in [0, 0.1) is 5.92 Å². The minimum atomic E-state index is -0.537. The number of amides is 1. The third kappa shape index (κ3) is 6.51. The van der Waals surface area contributed by atoms with Crippen molar-refractivity contribution in [2.24, 2.45) is 11.7 Å². The summed E-state index contributed by atoms with van der Waals surface area (Å²) in [5.41, 5.74) is 5.05. The first-order chi connectivity index (χ1) is 6.07. The van der Waals surface area contributed by atoms with Crippen LogP contribution in [0.4, 0.5) is 0 Å². The van der Waals surface area contributed by atoms with Crippen LogP contribution >= 0.6 is 0 Å². The van der Waals surface area contributed by atoms with E-state index in [9.17, 15) is 9.90 Å². The molecule has 2 unspecified atom stereocenters. The zero-order valence-electron chi connectivity index (χ0n) is 8.12. The first-order valence-corrected chi connectivity index (χ1v) is 4.25. The summed E-state index contributed by atoms with van der Waals surface area (Å²) in [6, 6.07) is 0. The highest BCUT2D eigenvalue weighted by Gasteiger charge is 2.08. The maximum atomic E-state index is 10.6. The lowest BCUT2D eigenvalue weighted by molar-refractivity contribution is -0.121. The van der Waals surface area contributed by atoms with Gasteiger partial charge in [-0.05, 0) is 0 Å². The number of rotatable bonds is 7. The lowest BCUT2D eigenvalue weighted by Crippen LogP contribution is -2.36. The largest absolute Gasteiger partial charge is 0.389 e. The maximum Gasteiger partial charge on any atom is 0.221 e. The number of methoxy groups -OCH3 is 1. The fourth-order valence-corrected chi connectivity index (χ4v) is 0.818. The van der Waals surface area contributed by atoms with Gasteiger partial charge in [0.2, 0.25) is 5.91 Å². The van der Waals surface area contributed by atoms with Crippen LogP contribution in [0.15, 0.2) is 0 Å². The minimum absolute atomic E-state index is 0.213. The number of hydrogen-bond donors (Lipinski definition) is 3. The fourth-order valence-electron chi connectivity index (χ4n) is 0.818. The molecule has 0 heterocycles. The van der Waals surface area contributed by atoms with Crippen LogP contribution in [0.2, 0.25) is 0 Å². The molecule has 0 bridgehead atoms. The summed E-state index contributed by atoms with van der Waals surface area (Å²) in [6.07, 6.45) is -0.537. The molecule has 0 radical (unpaired) electrons. The molecule has 13 heavy (non-hydrogen) atoms. The van der Waals surface area contributed by atoms with Crippen molar-refractivity contribution < 1.29 is 14.6 Å². The first-order valence-electron chi connectivity index (χ1n) is 4.25. The van der Waals surface area contributed by atoms with Crippen molar-refractivity contribution in [3.8, 4) is 0 Å². The Bertz CT molecular complexity index is 152. The average Bonchev–Trinajstić information content (AvgIpc) is 2.04. The van der Waals surface area contributed by atoms with Crippen molar-refractivity contribution in [3.05, 3.63) is 0 Å². The molecule has 0 aromatic heterocycles. The van der Waals surface area contributed by atoms with E-state index in [0.29, 0.717) is 13.1 Å². The van der Waals surface area contributed by atoms with Gasteiger partial charge in [-0.15, -0.1) is 0 Å². The van der Waals surface area contributed by atoms with E-state index in [0.717, 1.165) is 0 Å². The van der Waals surface area contributed by atoms with E-state index >= 15 is 0 Å². The highest BCUT2D eigenvalue weighted by atomic mass is 16.5. The molecule has 0 fully saturated rings. The number of aliphatic hydroxyl groups is 1. The van der Waals surface area contributed by atoms with Gasteiger partial charge in [-0.1, -0.05) is 6.92 Å². The predicted octanol–water partition coefficient (Wildman–Crippen LogP) is -1.30. The second kappa shape index (κ2) is 6.82. The number of aliphatic hydroxyl groups excluding tert-OH is 1. The van der Waals surface area contributed by atoms with Gasteiger partial charge in [0.15, 0.2) is 0 Å². The van der Waals surface area contributed by atoms with Crippen LogP contribution in [0.3, 0.4) is 0 Å². The van der Waals surface area contributed by atoms with Crippen LogP contribution < -0.4 is 11.1 Å². The first kappa shape index (κ1) is 12.3. The third-order valence-electron chi connectivity index (χ3n) is 1.68. The molecule has 0 aliphatic carbocycles. The molecular weight excluding hydrogens is 172 g/mol. The van der Waals surface area contributed by atoms with Gasteiger partial charge in [-0.2, -0.15) is 0 Å². The molecule has 5 nitrogen and oxygen atoms in total. The van der Waals surface area contributed by atoms with Gasteiger partial charge < -0.3 is 20.9 Å². The summed E-state index contributed by atoms with van der Waals surface area (Å²) in [4.78, 5) is 10.6. The quantitative estimate of drug-likeness (QED) is 0.466. The summed E-state index contributed by atoms with van der Waals surface area (Å²) in [7, 11) is 1.52. The average molecular weight is 190 g/mol. The van der Waals surface area contributed by atoms with Gasteiger partial charge >= 0.3 is 0 Å². The van der Waals surface area contributed by atoms with Gasteiger partial charge in [0.1, 0.15) is 0 Å². The van der Waals surface area contributed by atoms with Crippen LogP contribution in [0.1, 0.15) is 6.92 Å². The molecule has 0 aliphatic rings. The maximum absolute atomic E-state index is 10.6. The number of ether oxygens (including phenoxy) is 1. The summed E-state index contributed by atoms with van der Waals surface area (Å²) < 4.78 is 4.73. The number of nitrogens with one attached hydrogen (secondary N) is 1. The van der Waals surface area contributed by atoms with Crippen molar-refractivity contribution in [1.82, 2.24) is 5.32 Å². The van der Waals surface area contributed by atoms with Crippen molar-refractivity contribution in [2.45, 2.75) is 13.0 Å². The standard InChI is InChI=1S/C8H18N2O3/c1-6(8(9)12)3-10-4-7(11)5-13-2/h6-7,10-11H,3-5H2,1-2H3,(H2,9,12). The second-order valence-corrected chi connectivity index (χ2v) is 3.07. The molecule has 2 atom stereocenters. The number of carbonyl (C=O) groups excluding carboxylic acids is 1. The van der Waals surface area contributed by atoms with Crippen LogP contribution in [0.25, 0.3) is 0 Å². The molecule has 0 rings (SSSR count). The van der Waals surface area contributed by atoms with E-state index in [-0.39, 0.29) is 18.4 Å². The lowest BCUT2D eigenvalue weighted by Gasteiger charge is -2.12. The monoisotopic (exact) mass is 190 g/mol. The lowest BCUT2D eigenvalue weighted by atomic mass is 10.2. The van der Waals surface area contributed by atoms with E-state index < -0.39 is 6.10 Å². The van der Waals surface area contributed by atoms with Crippen molar-refractivity contribution in [2.75, 3.05) is 26.8 Å². The predicted molar refractivity (Wildman–Crippen MR) is 49.1 cm³/mol. The Kier molecular flexibility index (Phi) is 6.48. The number of carbonyl (C=O) groups is 1. The molecular formula is C8H18N2O3. The summed E-state index contributed by atoms with van der Waals surface area (Å²) in [5, 5.41) is 12.1. The molecule has 1 amide bonds. The summed E-state index contributed by atoms with van der Waals surface area (Å²) >= 11 is 0. The van der Waals surface area contributed by atoms with E-state index in [1.165, 1.54) is 7.11 Å². The SMILES string of the molecule is COCC(O)CNCC(C)C(N)=O. The normalized spacial score (nSPS) is 15.3. The smallest absolute Gasteiger partial charge is 0.221 e. The molecule has 0 aliphatic heterocycles. The van der Waals surface area contributed by atoms with E-state index in [4.69, 9.17) is 10.5 Å². The van der Waals surface area contributed by atoms with E-state index in [2.05, 4.69) is 5.32 Å². The molecule has 0 aromatic rings. The van der Waals surface area contributed by atoms with Gasteiger partial charge in [-0.25, -0.2) is 0 Å². The van der Waals surface area contributed by atoms with Crippen molar-refractivity contribution in [3.63, 3.8) is 0 Å². The zero-order valence-corrected chi connectivity index (χ0v) is 8.12. The topological polar surface area (TPSA) is 84.6 Å². The Balaban J connectivity index is 3.39. The van der Waals surface area contributed by atoms with Gasteiger partial charge in [0, 0.05) is 26.1 Å². The third-order valence-corrected chi connectivity index (χ3v) is 1.68. The van der Waals surface area contributed by atoms with Gasteiger partial charge in [-0.3, -0.25) is 4.79 Å². The Morgan fingerprint density at radius 1 is 1.62 bits per heavy atom. The number of nitrogens with two attached hydrogens (primary N) is 1. The highest BCUT2D eigenvalue weighted by Crippen LogP contribution is 1.89. The minimum Gasteiger partial charge on any atom is -0.389 e. The van der Waals surface area contributed by atoms with Crippen LogP contribution in [-0.4, -0.2) is 43.9 Å². The van der Waals surface area contributed by atoms with Crippen molar-refractivity contribution in [1.29, 1.82) is 0 Å². The second-order valence-electron chi connectivity index (χ2n) is 3.07. The summed E-state index contributed by atoms with van der Waals surface area (Å²) in [5.74, 6) is -0.552. The molecule has 5 heteroatoms. The summed E-state index contributed by atoms with van der Waals surface area (Å²) in [6.45, 7) is 2.91. The van der Waals surface area contributed by atoms with Gasteiger partial charge in [0.25, 0.3) is 0 Å². The molecule has 78 valence electrons. The van der Waals surface area contributed by atoms with Crippen LogP contribution in [-0.2, 0) is 9.53 Å². The van der Waals surface area contributed by atoms with E-state index in [1.807, 2.05) is 0 Å². The molecule has 0 saturated carbocycles. The Labute approximate surface area is 78.3 Å². The number of primary amides is 1. The Morgan fingerprint density at radius 3 is 2.69 bits per heavy atom. The fraction of sp³-hybridized carbons (Fsp3) is 0.875. The van der Waals surface area contributed by atoms with Gasteiger partial charge in [0.05, 0.1) is 12.7 Å². The molecule has 0 aromatic carbocycles. The van der Waals surface area contributed by atoms with Crippen LogP contribution in [0.5, 0.6) is 0 Å². The Hall–Kier alpha value is -0.650. The number of hydrogen-bond acceptors (Lipinski definition) is 4. The molecule has 0 spiro atoms. The molecule has 4 N–H and O–H groups in total. The van der Waals surface area contributed by atoms with Crippen molar-refractivity contribution >= 4 is 5.91 Å². The Morgan fingerprint density at radius 2 is 2.23 bits per heavy atom. The molecule has 0 saturated heterocycles. The zero-order chi connectivity index (χ0) is 10.3.